The zero-order valence-electron chi connectivity index (χ0n) is 23.5. The van der Waals surface area contributed by atoms with Crippen molar-refractivity contribution in [3.8, 4) is 17.2 Å². The van der Waals surface area contributed by atoms with Crippen LogP contribution in [0.25, 0.3) is 0 Å². The number of phenols is 1. The number of nitrogens with one attached hydrogen (secondary N) is 1. The summed E-state index contributed by atoms with van der Waals surface area (Å²) in [6.45, 7) is 7.51. The Morgan fingerprint density at radius 3 is 2.75 bits per heavy atom. The first kappa shape index (κ1) is 27.7. The number of nitrogens with zero attached hydrogens (tertiary/aromatic N) is 1. The number of ether oxygens (including phenoxy) is 2. The highest BCUT2D eigenvalue weighted by atomic mass is 35.5. The lowest BCUT2D eigenvalue weighted by Gasteiger charge is -2.60. The van der Waals surface area contributed by atoms with Gasteiger partial charge in [-0.3, -0.25) is 4.79 Å². The second-order valence-electron chi connectivity index (χ2n) is 13.1. The van der Waals surface area contributed by atoms with Crippen molar-refractivity contribution in [3.05, 3.63) is 52.5 Å². The van der Waals surface area contributed by atoms with Gasteiger partial charge in [0.15, 0.2) is 0 Å². The molecule has 216 valence electrons. The molecule has 3 N–H and O–H groups in total. The van der Waals surface area contributed by atoms with E-state index in [0.717, 1.165) is 55.5 Å². The number of carbonyl (C=O) groups is 1. The van der Waals surface area contributed by atoms with Crippen LogP contribution in [0.15, 0.2) is 36.4 Å². The van der Waals surface area contributed by atoms with Crippen LogP contribution >= 0.6 is 11.6 Å². The van der Waals surface area contributed by atoms with E-state index in [9.17, 15) is 15.0 Å². The second kappa shape index (κ2) is 10.7. The van der Waals surface area contributed by atoms with Crippen LogP contribution in [0.3, 0.4) is 0 Å². The number of rotatable bonds is 8. The number of aliphatic hydroxyl groups excluding tert-OH is 1. The van der Waals surface area contributed by atoms with Gasteiger partial charge in [-0.25, -0.2) is 0 Å². The monoisotopic (exact) mass is 568 g/mol. The third-order valence-corrected chi connectivity index (χ3v) is 10.5. The molecule has 7 nitrogen and oxygen atoms in total. The number of hydrogen-bond donors (Lipinski definition) is 3. The summed E-state index contributed by atoms with van der Waals surface area (Å²) in [6, 6.07) is 10.4. The fourth-order valence-electron chi connectivity index (χ4n) is 7.70. The molecule has 4 atom stereocenters. The lowest BCUT2D eigenvalue weighted by Crippen LogP contribution is -2.54. The van der Waals surface area contributed by atoms with Crippen LogP contribution in [-0.2, 0) is 6.42 Å². The number of benzene rings is 2. The molecule has 3 saturated carbocycles. The highest BCUT2D eigenvalue weighted by Gasteiger charge is 2.54. The van der Waals surface area contributed by atoms with E-state index >= 15 is 0 Å². The molecule has 2 heterocycles. The highest BCUT2D eigenvalue weighted by Crippen LogP contribution is 2.61. The zero-order valence-corrected chi connectivity index (χ0v) is 24.3. The summed E-state index contributed by atoms with van der Waals surface area (Å²) in [4.78, 5) is 15.4. The maximum absolute atomic E-state index is 13.1. The number of piperidine rings is 1. The van der Waals surface area contributed by atoms with Crippen LogP contribution in [0, 0.1) is 23.2 Å². The van der Waals surface area contributed by atoms with Crippen LogP contribution in [0.1, 0.15) is 61.9 Å². The number of aromatic hydroxyl groups is 1. The molecule has 2 aliphatic heterocycles. The first-order valence-electron chi connectivity index (χ1n) is 14.7. The van der Waals surface area contributed by atoms with Gasteiger partial charge in [0.25, 0.3) is 5.91 Å². The predicted molar refractivity (Wildman–Crippen MR) is 154 cm³/mol. The third-order valence-electron chi connectivity index (χ3n) is 10.3. The largest absolute Gasteiger partial charge is 0.508 e. The van der Waals surface area contributed by atoms with Crippen molar-refractivity contribution >= 4 is 17.5 Å². The first-order chi connectivity index (χ1) is 19.1. The van der Waals surface area contributed by atoms with E-state index < -0.39 is 6.10 Å². The van der Waals surface area contributed by atoms with E-state index in [1.807, 2.05) is 18.2 Å². The van der Waals surface area contributed by atoms with Crippen molar-refractivity contribution in [2.45, 2.75) is 64.1 Å². The standard InChI is InChI=1S/C32H41ClN2O5/c1-31(2)22-4-3-20(27(31)14-22)17-34-30(38)26-7-6-24(36)15-29(26)39-19-25(37)18-35-11-9-32(10-12-35)16-21-13-23(33)5-8-28(21)40-32/h5-8,13,15,20,22,25,27,36-37H,3-4,9-12,14,16-19H2,1-2H3,(H,34,38)/t20-,22-,25+,27+/m0/s1. The average molecular weight is 569 g/mol. The van der Waals surface area contributed by atoms with Crippen molar-refractivity contribution in [2.24, 2.45) is 23.2 Å². The number of halogens is 1. The van der Waals surface area contributed by atoms with Gasteiger partial charge in [0.1, 0.15) is 35.6 Å². The average Bonchev–Trinajstić information content (AvgIpc) is 3.28. The maximum atomic E-state index is 13.1. The van der Waals surface area contributed by atoms with Crippen molar-refractivity contribution in [2.75, 3.05) is 32.8 Å². The van der Waals surface area contributed by atoms with Gasteiger partial charge in [0.2, 0.25) is 0 Å². The molecule has 1 saturated heterocycles. The van der Waals surface area contributed by atoms with Crippen LogP contribution in [0.5, 0.6) is 17.2 Å². The summed E-state index contributed by atoms with van der Waals surface area (Å²) in [6.07, 6.45) is 5.56. The Morgan fingerprint density at radius 2 is 2.00 bits per heavy atom. The SMILES string of the molecule is CC1(C)[C@H]2CC[C@@H](CNC(=O)c3ccc(O)cc3OC[C@H](O)CN3CCC4(CC3)Cc3cc(Cl)ccc3O4)[C@H]1C2. The molecule has 7 rings (SSSR count). The summed E-state index contributed by atoms with van der Waals surface area (Å²) in [5.41, 5.74) is 1.72. The number of amides is 1. The van der Waals surface area contributed by atoms with Crippen molar-refractivity contribution in [3.63, 3.8) is 0 Å². The Morgan fingerprint density at radius 1 is 1.20 bits per heavy atom. The fraction of sp³-hybridized carbons (Fsp3) is 0.594. The molecule has 2 aromatic rings. The Bertz CT molecular complexity index is 1260. The summed E-state index contributed by atoms with van der Waals surface area (Å²) >= 11 is 6.17. The van der Waals surface area contributed by atoms with Crippen molar-refractivity contribution in [1.82, 2.24) is 10.2 Å². The Balaban J connectivity index is 0.989. The second-order valence-corrected chi connectivity index (χ2v) is 13.5. The van der Waals surface area contributed by atoms with Gasteiger partial charge in [-0.05, 0) is 78.3 Å². The molecule has 4 fully saturated rings. The smallest absolute Gasteiger partial charge is 0.255 e. The zero-order chi connectivity index (χ0) is 28.1. The van der Waals surface area contributed by atoms with Crippen LogP contribution in [0.4, 0.5) is 0 Å². The van der Waals surface area contributed by atoms with Gasteiger partial charge in [-0.15, -0.1) is 0 Å². The molecule has 1 spiro atoms. The number of β-amino-alcohol motifs (C(OH)–C–C–N with tert-alkyl or cyclic N) is 1. The molecule has 2 aromatic carbocycles. The van der Waals surface area contributed by atoms with E-state index in [2.05, 4.69) is 24.1 Å². The van der Waals surface area contributed by atoms with E-state index in [1.54, 1.807) is 6.07 Å². The van der Waals surface area contributed by atoms with E-state index in [0.29, 0.717) is 35.9 Å². The molecular weight excluding hydrogens is 528 g/mol. The normalized spacial score (nSPS) is 26.9. The van der Waals surface area contributed by atoms with Gasteiger partial charge in [0, 0.05) is 56.5 Å². The Labute approximate surface area is 241 Å². The van der Waals surface area contributed by atoms with Crippen LogP contribution in [0.2, 0.25) is 5.02 Å². The molecule has 8 heteroatoms. The molecule has 40 heavy (non-hydrogen) atoms. The van der Waals surface area contributed by atoms with E-state index in [1.165, 1.54) is 30.5 Å². The molecular formula is C32H41ClN2O5. The van der Waals surface area contributed by atoms with Crippen molar-refractivity contribution < 1.29 is 24.5 Å². The number of phenolic OH excluding ortho intramolecular Hbond substituents is 1. The number of carbonyl (C=O) groups excluding carboxylic acids is 1. The van der Waals surface area contributed by atoms with Gasteiger partial charge < -0.3 is 29.9 Å². The molecule has 1 amide bonds. The van der Waals surface area contributed by atoms with Crippen LogP contribution < -0.4 is 14.8 Å². The number of aliphatic hydroxyl groups is 1. The number of hydrogen-bond acceptors (Lipinski definition) is 6. The molecule has 0 unspecified atom stereocenters. The van der Waals surface area contributed by atoms with E-state index in [4.69, 9.17) is 21.1 Å². The molecule has 5 aliphatic rings. The number of fused-ring (bicyclic) bond motifs is 3. The molecule has 2 bridgehead atoms. The first-order valence-corrected chi connectivity index (χ1v) is 15.1. The minimum Gasteiger partial charge on any atom is -0.508 e. The molecule has 0 aromatic heterocycles. The topological polar surface area (TPSA) is 91.3 Å². The summed E-state index contributed by atoms with van der Waals surface area (Å²) in [5, 5.41) is 24.7. The Hall–Kier alpha value is -2.48. The van der Waals surface area contributed by atoms with Gasteiger partial charge in [0.05, 0.1) is 5.56 Å². The molecule has 3 aliphatic carbocycles. The van der Waals surface area contributed by atoms with Gasteiger partial charge >= 0.3 is 0 Å². The highest BCUT2D eigenvalue weighted by molar-refractivity contribution is 6.30. The van der Waals surface area contributed by atoms with Crippen molar-refractivity contribution in [1.29, 1.82) is 0 Å². The summed E-state index contributed by atoms with van der Waals surface area (Å²) < 4.78 is 12.2. The van der Waals surface area contributed by atoms with Gasteiger partial charge in [-0.1, -0.05) is 25.4 Å². The van der Waals surface area contributed by atoms with Gasteiger partial charge in [-0.2, -0.15) is 0 Å². The van der Waals surface area contributed by atoms with E-state index in [-0.39, 0.29) is 29.6 Å². The van der Waals surface area contributed by atoms with Crippen LogP contribution in [-0.4, -0.2) is 65.5 Å². The quantitative estimate of drug-likeness (QED) is 0.412. The maximum Gasteiger partial charge on any atom is 0.255 e. The predicted octanol–water partition coefficient (Wildman–Crippen LogP) is 5.06. The molecule has 0 radical (unpaired) electrons. The fourth-order valence-corrected chi connectivity index (χ4v) is 7.90. The minimum absolute atomic E-state index is 0.0238. The lowest BCUT2D eigenvalue weighted by atomic mass is 9.45. The minimum atomic E-state index is -0.733. The third kappa shape index (κ3) is 5.40. The number of likely N-dealkylation sites (tertiary alicyclic amines) is 1. The summed E-state index contributed by atoms with van der Waals surface area (Å²) in [5.74, 6) is 3.02. The Kier molecular flexibility index (Phi) is 7.43. The lowest BCUT2D eigenvalue weighted by molar-refractivity contribution is -0.103. The summed E-state index contributed by atoms with van der Waals surface area (Å²) in [7, 11) is 0.